The van der Waals surface area contributed by atoms with Crippen LogP contribution in [0.4, 0.5) is 4.79 Å². The lowest BCUT2D eigenvalue weighted by Gasteiger charge is -2.26. The first kappa shape index (κ1) is 20.2. The van der Waals surface area contributed by atoms with E-state index in [1.807, 2.05) is 0 Å². The van der Waals surface area contributed by atoms with Crippen LogP contribution in [0.25, 0.3) is 0 Å². The lowest BCUT2D eigenvalue weighted by Crippen LogP contribution is -2.55. The van der Waals surface area contributed by atoms with Crippen molar-refractivity contribution in [2.24, 2.45) is 5.92 Å². The average molecular weight is 363 g/mol. The Labute approximate surface area is 155 Å². The minimum absolute atomic E-state index is 0.00492. The minimum atomic E-state index is -0.777. The molecule has 0 aromatic rings. The molecule has 7 heteroatoms. The standard InChI is InChI=1S/C19H29N3O4/c1-5-13-10-11-14(20-13)16(23)22-17(24)15(12-8-6-7-9-12)21-18(25)26-19(2,3)4/h1,12-15,20H,6-11H2,2-4H3,(H,21,25)(H,22,23,24)/t13-,14-,15-/m0/s1. The monoisotopic (exact) mass is 363 g/mol. The molecule has 144 valence electrons. The zero-order valence-corrected chi connectivity index (χ0v) is 15.8. The topological polar surface area (TPSA) is 96.5 Å². The Hall–Kier alpha value is -2.07. The maximum Gasteiger partial charge on any atom is 0.408 e. The molecule has 0 spiro atoms. The smallest absolute Gasteiger partial charge is 0.408 e. The van der Waals surface area contributed by atoms with Crippen molar-refractivity contribution >= 4 is 17.9 Å². The van der Waals surface area contributed by atoms with E-state index >= 15 is 0 Å². The summed E-state index contributed by atoms with van der Waals surface area (Å²) in [5.74, 6) is 1.68. The van der Waals surface area contributed by atoms with E-state index in [0.29, 0.717) is 12.8 Å². The second-order valence-electron chi connectivity index (χ2n) is 8.04. The molecule has 2 rings (SSSR count). The summed E-state index contributed by atoms with van der Waals surface area (Å²) in [6.07, 6.45) is 9.68. The summed E-state index contributed by atoms with van der Waals surface area (Å²) in [4.78, 5) is 37.1. The van der Waals surface area contributed by atoms with Crippen molar-refractivity contribution in [2.75, 3.05) is 0 Å². The highest BCUT2D eigenvalue weighted by atomic mass is 16.6. The van der Waals surface area contributed by atoms with Crippen LogP contribution in [0.15, 0.2) is 0 Å². The number of ether oxygens (including phenoxy) is 1. The second kappa shape index (κ2) is 8.54. The van der Waals surface area contributed by atoms with Crippen molar-refractivity contribution in [3.63, 3.8) is 0 Å². The van der Waals surface area contributed by atoms with Gasteiger partial charge >= 0.3 is 6.09 Å². The van der Waals surface area contributed by atoms with E-state index in [-0.39, 0.29) is 12.0 Å². The van der Waals surface area contributed by atoms with Gasteiger partial charge in [0.1, 0.15) is 11.6 Å². The molecule has 1 aliphatic carbocycles. The van der Waals surface area contributed by atoms with Gasteiger partial charge in [0.25, 0.3) is 0 Å². The maximum atomic E-state index is 12.7. The Morgan fingerprint density at radius 1 is 1.15 bits per heavy atom. The summed E-state index contributed by atoms with van der Waals surface area (Å²) in [7, 11) is 0. The van der Waals surface area contributed by atoms with Crippen molar-refractivity contribution in [3.05, 3.63) is 0 Å². The van der Waals surface area contributed by atoms with Gasteiger partial charge in [-0.2, -0.15) is 0 Å². The van der Waals surface area contributed by atoms with Crippen molar-refractivity contribution in [2.45, 2.75) is 83.0 Å². The predicted molar refractivity (Wildman–Crippen MR) is 97.0 cm³/mol. The highest BCUT2D eigenvalue weighted by Crippen LogP contribution is 2.28. The maximum absolute atomic E-state index is 12.7. The summed E-state index contributed by atoms with van der Waals surface area (Å²) in [5, 5.41) is 8.10. The third-order valence-corrected chi connectivity index (χ3v) is 4.74. The molecule has 1 saturated heterocycles. The first-order chi connectivity index (χ1) is 12.2. The molecule has 1 aliphatic heterocycles. The molecule has 7 nitrogen and oxygen atoms in total. The van der Waals surface area contributed by atoms with Crippen LogP contribution < -0.4 is 16.0 Å². The van der Waals surface area contributed by atoms with E-state index < -0.39 is 35.6 Å². The van der Waals surface area contributed by atoms with Gasteiger partial charge in [0, 0.05) is 0 Å². The van der Waals surface area contributed by atoms with E-state index in [0.717, 1.165) is 25.7 Å². The Morgan fingerprint density at radius 3 is 2.35 bits per heavy atom. The molecule has 0 unspecified atom stereocenters. The number of amides is 3. The van der Waals surface area contributed by atoms with Crippen molar-refractivity contribution in [1.82, 2.24) is 16.0 Å². The Bertz CT molecular complexity index is 585. The summed E-state index contributed by atoms with van der Waals surface area (Å²) in [6.45, 7) is 5.28. The summed E-state index contributed by atoms with van der Waals surface area (Å²) in [6, 6.07) is -1.40. The second-order valence-corrected chi connectivity index (χ2v) is 8.04. The number of hydrogen-bond donors (Lipinski definition) is 3. The number of hydrogen-bond acceptors (Lipinski definition) is 5. The molecule has 1 heterocycles. The molecule has 2 aliphatic rings. The number of nitrogens with one attached hydrogen (secondary N) is 3. The zero-order chi connectivity index (χ0) is 19.3. The van der Waals surface area contributed by atoms with Gasteiger partial charge in [0.15, 0.2) is 0 Å². The van der Waals surface area contributed by atoms with Crippen LogP contribution in [0.1, 0.15) is 59.3 Å². The van der Waals surface area contributed by atoms with Crippen LogP contribution in [-0.2, 0) is 14.3 Å². The molecule has 0 radical (unpaired) electrons. The minimum Gasteiger partial charge on any atom is -0.444 e. The number of alkyl carbamates (subject to hydrolysis) is 1. The molecular formula is C19H29N3O4. The Kier molecular flexibility index (Phi) is 6.65. The molecule has 26 heavy (non-hydrogen) atoms. The lowest BCUT2D eigenvalue weighted by molar-refractivity contribution is -0.133. The van der Waals surface area contributed by atoms with E-state index in [2.05, 4.69) is 21.9 Å². The van der Waals surface area contributed by atoms with Gasteiger partial charge in [-0.3, -0.25) is 20.2 Å². The van der Waals surface area contributed by atoms with Gasteiger partial charge in [0.2, 0.25) is 11.8 Å². The molecule has 3 amide bonds. The van der Waals surface area contributed by atoms with Crippen LogP contribution in [0, 0.1) is 18.3 Å². The summed E-state index contributed by atoms with van der Waals surface area (Å²) >= 11 is 0. The highest BCUT2D eigenvalue weighted by Gasteiger charge is 2.36. The number of carbonyl (C=O) groups excluding carboxylic acids is 3. The number of rotatable bonds is 4. The van der Waals surface area contributed by atoms with E-state index in [9.17, 15) is 14.4 Å². The normalized spacial score (nSPS) is 24.5. The Balaban J connectivity index is 1.98. The van der Waals surface area contributed by atoms with Crippen molar-refractivity contribution in [3.8, 4) is 12.3 Å². The van der Waals surface area contributed by atoms with Crippen LogP contribution in [-0.4, -0.2) is 41.6 Å². The van der Waals surface area contributed by atoms with Crippen LogP contribution in [0.3, 0.4) is 0 Å². The van der Waals surface area contributed by atoms with Gasteiger partial charge in [-0.15, -0.1) is 6.42 Å². The average Bonchev–Trinajstić information content (AvgIpc) is 3.22. The molecule has 0 bridgehead atoms. The number of terminal acetylenes is 1. The SMILES string of the molecule is C#C[C@H]1CC[C@@H](C(=O)NC(=O)[C@@H](NC(=O)OC(C)(C)C)C2CCCC2)N1. The first-order valence-electron chi connectivity index (χ1n) is 9.26. The highest BCUT2D eigenvalue weighted by molar-refractivity contribution is 6.01. The van der Waals surface area contributed by atoms with Gasteiger partial charge < -0.3 is 10.1 Å². The van der Waals surface area contributed by atoms with Crippen LogP contribution in [0.2, 0.25) is 0 Å². The fraction of sp³-hybridized carbons (Fsp3) is 0.737. The quantitative estimate of drug-likeness (QED) is 0.657. The fourth-order valence-electron chi connectivity index (χ4n) is 3.49. The fourth-order valence-corrected chi connectivity index (χ4v) is 3.49. The summed E-state index contributed by atoms with van der Waals surface area (Å²) < 4.78 is 5.26. The van der Waals surface area contributed by atoms with Crippen LogP contribution in [0.5, 0.6) is 0 Å². The molecular weight excluding hydrogens is 334 g/mol. The van der Waals surface area contributed by atoms with E-state index in [1.165, 1.54) is 0 Å². The van der Waals surface area contributed by atoms with Gasteiger partial charge in [0.05, 0.1) is 12.1 Å². The number of imide groups is 1. The third kappa shape index (κ3) is 5.73. The van der Waals surface area contributed by atoms with Crippen LogP contribution >= 0.6 is 0 Å². The first-order valence-corrected chi connectivity index (χ1v) is 9.26. The summed E-state index contributed by atoms with van der Waals surface area (Å²) in [5.41, 5.74) is -0.658. The molecule has 2 fully saturated rings. The van der Waals surface area contributed by atoms with Crippen molar-refractivity contribution < 1.29 is 19.1 Å². The molecule has 0 aromatic heterocycles. The molecule has 3 N–H and O–H groups in total. The van der Waals surface area contributed by atoms with E-state index in [1.54, 1.807) is 20.8 Å². The van der Waals surface area contributed by atoms with Crippen molar-refractivity contribution in [1.29, 1.82) is 0 Å². The van der Waals surface area contributed by atoms with E-state index in [4.69, 9.17) is 11.2 Å². The third-order valence-electron chi connectivity index (χ3n) is 4.74. The van der Waals surface area contributed by atoms with Gasteiger partial charge in [-0.1, -0.05) is 18.8 Å². The predicted octanol–water partition coefficient (Wildman–Crippen LogP) is 1.47. The van der Waals surface area contributed by atoms with Gasteiger partial charge in [-0.25, -0.2) is 4.79 Å². The van der Waals surface area contributed by atoms with Gasteiger partial charge in [-0.05, 0) is 52.4 Å². The zero-order valence-electron chi connectivity index (χ0n) is 15.8. The lowest BCUT2D eigenvalue weighted by atomic mass is 9.97. The Morgan fingerprint density at radius 2 is 1.81 bits per heavy atom. The largest absolute Gasteiger partial charge is 0.444 e. The molecule has 3 atom stereocenters. The molecule has 1 saturated carbocycles. The number of carbonyl (C=O) groups is 3. The molecule has 0 aromatic carbocycles.